The lowest BCUT2D eigenvalue weighted by molar-refractivity contribution is -0.167. The molecule has 1 atom stereocenters. The van der Waals surface area contributed by atoms with E-state index in [1.165, 1.54) is 244 Å². The highest BCUT2D eigenvalue weighted by Gasteiger charge is 2.19. The van der Waals surface area contributed by atoms with E-state index in [2.05, 4.69) is 34.6 Å². The molecule has 0 aromatic rings. The molecule has 0 aliphatic rings. The summed E-state index contributed by atoms with van der Waals surface area (Å²) < 4.78 is 16.9. The molecule has 0 aliphatic carbocycles. The standard InChI is InChI=1S/C63H122O6/c1-6-7-8-9-10-11-12-13-16-23-28-33-38-43-48-53-61(64)67-56-60(69-63(66)55-50-45-40-35-30-25-20-19-22-27-32-37-42-47-52-59(4)5)57-68-62(65)54-49-44-39-34-29-24-18-15-14-17-21-26-31-36-41-46-51-58(2)3/h58-60H,6-57H2,1-5H3/t60-/m0/s1. The topological polar surface area (TPSA) is 78.9 Å². The minimum absolute atomic E-state index is 0.0619. The minimum Gasteiger partial charge on any atom is -0.462 e. The highest BCUT2D eigenvalue weighted by molar-refractivity contribution is 5.71. The molecule has 0 aliphatic heterocycles. The van der Waals surface area contributed by atoms with Crippen molar-refractivity contribution in [3.63, 3.8) is 0 Å². The molecule has 0 saturated heterocycles. The van der Waals surface area contributed by atoms with Crippen molar-refractivity contribution in [1.82, 2.24) is 0 Å². The van der Waals surface area contributed by atoms with Crippen LogP contribution in [-0.2, 0) is 28.6 Å². The average molecular weight is 976 g/mol. The first kappa shape index (κ1) is 67.4. The van der Waals surface area contributed by atoms with Gasteiger partial charge in [-0.1, -0.05) is 317 Å². The van der Waals surface area contributed by atoms with Gasteiger partial charge in [-0.15, -0.1) is 0 Å². The number of hydrogen-bond acceptors (Lipinski definition) is 6. The summed E-state index contributed by atoms with van der Waals surface area (Å²) in [6, 6.07) is 0. The Morgan fingerprint density at radius 3 is 0.710 bits per heavy atom. The Bertz CT molecular complexity index is 1060. The molecule has 0 aromatic carbocycles. The maximum absolute atomic E-state index is 12.9. The lowest BCUT2D eigenvalue weighted by Gasteiger charge is -2.18. The van der Waals surface area contributed by atoms with E-state index < -0.39 is 6.10 Å². The largest absolute Gasteiger partial charge is 0.462 e. The summed E-state index contributed by atoms with van der Waals surface area (Å²) in [6.45, 7) is 11.5. The monoisotopic (exact) mass is 975 g/mol. The van der Waals surface area contributed by atoms with Crippen molar-refractivity contribution >= 4 is 17.9 Å². The van der Waals surface area contributed by atoms with Gasteiger partial charge in [0, 0.05) is 19.3 Å². The van der Waals surface area contributed by atoms with Gasteiger partial charge in [-0.2, -0.15) is 0 Å². The van der Waals surface area contributed by atoms with E-state index in [0.717, 1.165) is 69.6 Å². The SMILES string of the molecule is CCCCCCCCCCCCCCCCCC(=O)OC[C@@H](COC(=O)CCCCCCCCCCCCCCCCCCC(C)C)OC(=O)CCCCCCCCCCCCCCCCC(C)C. The molecule has 69 heavy (non-hydrogen) atoms. The number of rotatable bonds is 57. The molecule has 0 bridgehead atoms. The Morgan fingerprint density at radius 1 is 0.275 bits per heavy atom. The number of carbonyl (C=O) groups excluding carboxylic acids is 3. The second kappa shape index (κ2) is 55.7. The van der Waals surface area contributed by atoms with Crippen LogP contribution in [0, 0.1) is 11.8 Å². The summed E-state index contributed by atoms with van der Waals surface area (Å²) in [4.78, 5) is 38.3. The van der Waals surface area contributed by atoms with Gasteiger partial charge in [-0.05, 0) is 31.1 Å². The normalized spacial score (nSPS) is 12.0. The molecule has 0 fully saturated rings. The third-order valence-electron chi connectivity index (χ3n) is 14.5. The van der Waals surface area contributed by atoms with Gasteiger partial charge < -0.3 is 14.2 Å². The highest BCUT2D eigenvalue weighted by Crippen LogP contribution is 2.19. The first-order chi connectivity index (χ1) is 33.7. The number of esters is 3. The van der Waals surface area contributed by atoms with Crippen molar-refractivity contribution in [2.75, 3.05) is 13.2 Å². The fourth-order valence-electron chi connectivity index (χ4n) is 9.76. The van der Waals surface area contributed by atoms with Crippen molar-refractivity contribution in [2.45, 2.75) is 362 Å². The van der Waals surface area contributed by atoms with Crippen LogP contribution in [0.2, 0.25) is 0 Å². The lowest BCUT2D eigenvalue weighted by Crippen LogP contribution is -2.30. The highest BCUT2D eigenvalue weighted by atomic mass is 16.6. The average Bonchev–Trinajstić information content (AvgIpc) is 3.32. The zero-order valence-corrected chi connectivity index (χ0v) is 47.5. The van der Waals surface area contributed by atoms with Crippen LogP contribution in [0.25, 0.3) is 0 Å². The predicted octanol–water partition coefficient (Wildman–Crippen LogP) is 20.8. The summed E-state index contributed by atoms with van der Waals surface area (Å²) in [7, 11) is 0. The first-order valence-corrected chi connectivity index (χ1v) is 31.2. The van der Waals surface area contributed by atoms with Gasteiger partial charge in [0.2, 0.25) is 0 Å². The third kappa shape index (κ3) is 57.2. The summed E-state index contributed by atoms with van der Waals surface area (Å²) in [5.41, 5.74) is 0. The zero-order chi connectivity index (χ0) is 50.4. The van der Waals surface area contributed by atoms with Gasteiger partial charge in [0.15, 0.2) is 6.10 Å². The van der Waals surface area contributed by atoms with Crippen LogP contribution < -0.4 is 0 Å². The van der Waals surface area contributed by atoms with Crippen LogP contribution in [0.4, 0.5) is 0 Å². The smallest absolute Gasteiger partial charge is 0.306 e. The second-order valence-corrected chi connectivity index (χ2v) is 22.6. The minimum atomic E-state index is -0.763. The van der Waals surface area contributed by atoms with Crippen LogP contribution in [-0.4, -0.2) is 37.2 Å². The van der Waals surface area contributed by atoms with E-state index >= 15 is 0 Å². The lowest BCUT2D eigenvalue weighted by atomic mass is 10.0. The fraction of sp³-hybridized carbons (Fsp3) is 0.952. The quantitative estimate of drug-likeness (QED) is 0.0343. The molecule has 0 rings (SSSR count). The molecule has 0 heterocycles. The molecule has 0 unspecified atom stereocenters. The van der Waals surface area contributed by atoms with Gasteiger partial charge in [-0.3, -0.25) is 14.4 Å². The van der Waals surface area contributed by atoms with Gasteiger partial charge in [0.1, 0.15) is 13.2 Å². The van der Waals surface area contributed by atoms with Crippen LogP contribution in [0.1, 0.15) is 356 Å². The third-order valence-corrected chi connectivity index (χ3v) is 14.5. The van der Waals surface area contributed by atoms with Crippen molar-refractivity contribution in [3.05, 3.63) is 0 Å². The molecule has 410 valence electrons. The molecular weight excluding hydrogens is 853 g/mol. The van der Waals surface area contributed by atoms with E-state index in [9.17, 15) is 14.4 Å². The van der Waals surface area contributed by atoms with E-state index in [1.54, 1.807) is 0 Å². The van der Waals surface area contributed by atoms with E-state index in [0.29, 0.717) is 19.3 Å². The van der Waals surface area contributed by atoms with Gasteiger partial charge >= 0.3 is 17.9 Å². The number of carbonyl (C=O) groups is 3. The van der Waals surface area contributed by atoms with Crippen molar-refractivity contribution < 1.29 is 28.6 Å². The second-order valence-electron chi connectivity index (χ2n) is 22.6. The predicted molar refractivity (Wildman–Crippen MR) is 298 cm³/mol. The number of hydrogen-bond donors (Lipinski definition) is 0. The van der Waals surface area contributed by atoms with E-state index in [4.69, 9.17) is 14.2 Å². The summed E-state index contributed by atoms with van der Waals surface area (Å²) in [6.07, 6.45) is 61.0. The first-order valence-electron chi connectivity index (χ1n) is 31.2. The Morgan fingerprint density at radius 2 is 0.478 bits per heavy atom. The van der Waals surface area contributed by atoms with E-state index in [1.807, 2.05) is 0 Å². The Hall–Kier alpha value is -1.59. The van der Waals surface area contributed by atoms with Gasteiger partial charge in [-0.25, -0.2) is 0 Å². The molecule has 0 spiro atoms. The fourth-order valence-corrected chi connectivity index (χ4v) is 9.76. The van der Waals surface area contributed by atoms with Crippen molar-refractivity contribution in [1.29, 1.82) is 0 Å². The molecule has 0 amide bonds. The van der Waals surface area contributed by atoms with E-state index in [-0.39, 0.29) is 31.1 Å². The molecule has 0 aromatic heterocycles. The zero-order valence-electron chi connectivity index (χ0n) is 47.5. The van der Waals surface area contributed by atoms with Crippen LogP contribution in [0.3, 0.4) is 0 Å². The number of unbranched alkanes of at least 4 members (excludes halogenated alkanes) is 42. The van der Waals surface area contributed by atoms with Crippen molar-refractivity contribution in [3.8, 4) is 0 Å². The Kier molecular flexibility index (Phi) is 54.4. The van der Waals surface area contributed by atoms with Crippen LogP contribution in [0.15, 0.2) is 0 Å². The van der Waals surface area contributed by atoms with Gasteiger partial charge in [0.05, 0.1) is 0 Å². The Labute approximate surface area is 431 Å². The van der Waals surface area contributed by atoms with Crippen molar-refractivity contribution in [2.24, 2.45) is 11.8 Å². The molecule has 6 nitrogen and oxygen atoms in total. The molecule has 6 heteroatoms. The summed E-state index contributed by atoms with van der Waals surface area (Å²) in [5.74, 6) is 0.864. The van der Waals surface area contributed by atoms with Gasteiger partial charge in [0.25, 0.3) is 0 Å². The number of ether oxygens (including phenoxy) is 3. The summed E-state index contributed by atoms with van der Waals surface area (Å²) in [5, 5.41) is 0. The molecule has 0 saturated carbocycles. The van der Waals surface area contributed by atoms with Crippen LogP contribution in [0.5, 0.6) is 0 Å². The Balaban J connectivity index is 4.28. The molecular formula is C63H122O6. The molecule has 0 radical (unpaired) electrons. The maximum atomic E-state index is 12.9. The molecule has 0 N–H and O–H groups in total. The summed E-state index contributed by atoms with van der Waals surface area (Å²) >= 11 is 0. The maximum Gasteiger partial charge on any atom is 0.306 e. The van der Waals surface area contributed by atoms with Crippen LogP contribution >= 0.6 is 0 Å².